The van der Waals surface area contributed by atoms with Gasteiger partial charge in [-0.1, -0.05) is 39.0 Å². The Morgan fingerprint density at radius 2 is 1.73 bits per heavy atom. The van der Waals surface area contributed by atoms with E-state index in [1.165, 1.54) is 30.2 Å². The van der Waals surface area contributed by atoms with E-state index in [2.05, 4.69) is 5.32 Å². The van der Waals surface area contributed by atoms with Crippen molar-refractivity contribution in [2.24, 2.45) is 5.73 Å². The average Bonchev–Trinajstić information content (AvgIpc) is 3.72. The molecule has 0 radical (unpaired) electrons. The van der Waals surface area contributed by atoms with Gasteiger partial charge in [-0.25, -0.2) is 4.79 Å². The molecule has 2 heterocycles. The third-order valence-corrected chi connectivity index (χ3v) is 12.9. The number of ketones is 2. The molecule has 4 aliphatic rings. The van der Waals surface area contributed by atoms with E-state index in [4.69, 9.17) is 24.7 Å². The van der Waals surface area contributed by atoms with Gasteiger partial charge in [0.25, 0.3) is 5.91 Å². The number of imide groups is 1. The molecule has 3 aromatic rings. The number of fused-ring (bicyclic) bond motifs is 3. The Labute approximate surface area is 369 Å². The zero-order chi connectivity index (χ0) is 46.7. The third kappa shape index (κ3) is 8.15. The first-order valence-corrected chi connectivity index (χ1v) is 21.4. The lowest BCUT2D eigenvalue weighted by Crippen LogP contribution is -2.55. The Bertz CT molecular complexity index is 2450. The van der Waals surface area contributed by atoms with Gasteiger partial charge in [0, 0.05) is 72.4 Å². The van der Waals surface area contributed by atoms with E-state index in [0.29, 0.717) is 30.5 Å². The van der Waals surface area contributed by atoms with Crippen molar-refractivity contribution >= 4 is 35.3 Å². The summed E-state index contributed by atoms with van der Waals surface area (Å²) in [5.74, 6) is -5.72. The summed E-state index contributed by atoms with van der Waals surface area (Å²) in [5, 5.41) is 48.9. The molecule has 3 aromatic carbocycles. The van der Waals surface area contributed by atoms with Gasteiger partial charge in [0.05, 0.1) is 42.1 Å². The van der Waals surface area contributed by atoms with Crippen molar-refractivity contribution in [3.8, 4) is 23.0 Å². The molecule has 64 heavy (non-hydrogen) atoms. The average molecular weight is 886 g/mol. The number of nitrogens with two attached hydrogens (primary N) is 1. The van der Waals surface area contributed by atoms with Crippen molar-refractivity contribution in [3.05, 3.63) is 80.4 Å². The zero-order valence-corrected chi connectivity index (χ0v) is 36.9. The number of nitrogens with one attached hydrogen (secondary N) is 1. The normalized spacial score (nSPS) is 25.2. The number of likely N-dealkylation sites (tertiary alicyclic amines) is 1. The minimum atomic E-state index is -2.54. The highest BCUT2D eigenvalue weighted by Crippen LogP contribution is 2.52. The number of carbonyl (C=O) groups is 6. The van der Waals surface area contributed by atoms with Gasteiger partial charge >= 0.3 is 5.97 Å². The number of methoxy groups -OCH3 is 1. The van der Waals surface area contributed by atoms with Crippen LogP contribution >= 0.6 is 0 Å². The Balaban J connectivity index is 1.20. The lowest BCUT2D eigenvalue weighted by Gasteiger charge is -2.42. The fourth-order valence-electron chi connectivity index (χ4n) is 9.91. The van der Waals surface area contributed by atoms with E-state index in [0.717, 1.165) is 5.56 Å². The first-order valence-electron chi connectivity index (χ1n) is 21.4. The Kier molecular flexibility index (Phi) is 12.5. The highest BCUT2D eigenvalue weighted by molar-refractivity contribution is 6.31. The van der Waals surface area contributed by atoms with Crippen LogP contribution in [0.4, 0.5) is 0 Å². The quantitative estimate of drug-likeness (QED) is 0.0758. The van der Waals surface area contributed by atoms with Crippen LogP contribution in [-0.4, -0.2) is 110 Å². The van der Waals surface area contributed by atoms with Crippen molar-refractivity contribution in [2.75, 3.05) is 13.7 Å². The number of carbonyl (C=O) groups excluding carboxylic acids is 6. The van der Waals surface area contributed by atoms with Crippen molar-refractivity contribution in [3.63, 3.8) is 0 Å². The van der Waals surface area contributed by atoms with Gasteiger partial charge in [-0.3, -0.25) is 29.3 Å². The topological polar surface area (TPSA) is 262 Å². The number of amides is 3. The number of aliphatic hydroxyl groups excluding tert-OH is 1. The molecule has 17 nitrogen and oxygen atoms in total. The molecular formula is C47H55N3O14. The summed E-state index contributed by atoms with van der Waals surface area (Å²) in [6.45, 7) is 10.8. The predicted octanol–water partition coefficient (Wildman–Crippen LogP) is 3.37. The van der Waals surface area contributed by atoms with Crippen LogP contribution < -0.4 is 20.5 Å². The van der Waals surface area contributed by atoms with E-state index in [1.807, 2.05) is 13.0 Å². The number of aliphatic hydroxyl groups is 2. The van der Waals surface area contributed by atoms with E-state index in [1.54, 1.807) is 40.7 Å². The summed E-state index contributed by atoms with van der Waals surface area (Å²) in [7, 11) is 1.31. The van der Waals surface area contributed by atoms with Crippen LogP contribution in [0.15, 0.2) is 30.3 Å². The molecule has 7 atom stereocenters. The van der Waals surface area contributed by atoms with Gasteiger partial charge in [0.1, 0.15) is 29.0 Å². The standard InChI is InChI=1S/C47H55N3O14/c1-8-32(52)50-14-10-12-27(50)44(58)64-29-16-21(2)15-22(3)38(29)46(5,6)20-31(51)49-45(59)47(60)18-25-35(30(19-47)63-33-17-26(48)39(53)23(4)62-33)43(57)37-36(41(25)55)40(54)24-11-9-13-28(61-7)34(24)42(37)56/h9,11,13,15-16,23,26-27,30,33,39,53,55,57,60H,8,10,12,14,17-20,48H2,1-7H3,(H,49,51,59)/t23?,26?,27?,30-,33?,39?,47-/m0/s1. The molecule has 5 unspecified atom stereocenters. The van der Waals surface area contributed by atoms with Crippen molar-refractivity contribution in [1.82, 2.24) is 10.2 Å². The highest BCUT2D eigenvalue weighted by atomic mass is 16.7. The summed E-state index contributed by atoms with van der Waals surface area (Å²) >= 11 is 0. The zero-order valence-electron chi connectivity index (χ0n) is 36.9. The lowest BCUT2D eigenvalue weighted by atomic mass is 9.72. The minimum absolute atomic E-state index is 0.0530. The summed E-state index contributed by atoms with van der Waals surface area (Å²) in [5.41, 5.74) is 2.70. The second kappa shape index (κ2) is 17.3. The summed E-state index contributed by atoms with van der Waals surface area (Å²) in [4.78, 5) is 84.0. The van der Waals surface area contributed by atoms with Gasteiger partial charge in [-0.2, -0.15) is 0 Å². The highest BCUT2D eigenvalue weighted by Gasteiger charge is 2.51. The molecule has 2 aliphatic carbocycles. The maximum atomic E-state index is 14.3. The molecule has 2 fully saturated rings. The number of ether oxygens (including phenoxy) is 4. The Morgan fingerprint density at radius 3 is 2.41 bits per heavy atom. The van der Waals surface area contributed by atoms with E-state index in [-0.39, 0.29) is 58.9 Å². The molecule has 2 saturated heterocycles. The van der Waals surface area contributed by atoms with Crippen LogP contribution in [0.25, 0.3) is 0 Å². The SMILES string of the molecule is CCC(=O)N1CCCC1C(=O)Oc1cc(C)cc(C)c1C(C)(C)CC(=O)NC(=O)[C@]1(O)Cc2c(O)c3c(c(O)c2[C@@H](OC2CC(N)C(O)C(C)O2)C1)C(=O)c1c(OC)cccc1C3=O. The summed E-state index contributed by atoms with van der Waals surface area (Å²) in [6, 6.07) is 6.26. The van der Waals surface area contributed by atoms with Gasteiger partial charge < -0.3 is 50.0 Å². The van der Waals surface area contributed by atoms with Gasteiger partial charge in [-0.05, 0) is 56.9 Å². The first kappa shape index (κ1) is 46.3. The molecule has 3 amide bonds. The number of aromatic hydroxyl groups is 2. The van der Waals surface area contributed by atoms with Crippen LogP contribution in [0.3, 0.4) is 0 Å². The molecular weight excluding hydrogens is 831 g/mol. The molecule has 17 heteroatoms. The number of aryl methyl sites for hydroxylation is 2. The number of hydrogen-bond donors (Lipinski definition) is 6. The molecule has 0 spiro atoms. The van der Waals surface area contributed by atoms with E-state index < -0.39 is 113 Å². The molecule has 7 rings (SSSR count). The second-order valence-electron chi connectivity index (χ2n) is 18.0. The smallest absolute Gasteiger partial charge is 0.334 e. The molecule has 2 aliphatic heterocycles. The maximum absolute atomic E-state index is 14.3. The monoisotopic (exact) mass is 885 g/mol. The fraction of sp³-hybridized carbons (Fsp3) is 0.489. The predicted molar refractivity (Wildman–Crippen MR) is 227 cm³/mol. The van der Waals surface area contributed by atoms with Crippen molar-refractivity contribution in [2.45, 2.75) is 134 Å². The number of phenolic OH excluding ortho intramolecular Hbond substituents is 2. The van der Waals surface area contributed by atoms with Crippen LogP contribution in [0.1, 0.15) is 132 Å². The maximum Gasteiger partial charge on any atom is 0.334 e. The number of hydrogen-bond acceptors (Lipinski definition) is 15. The lowest BCUT2D eigenvalue weighted by molar-refractivity contribution is -0.247. The van der Waals surface area contributed by atoms with Crippen LogP contribution in [0, 0.1) is 13.8 Å². The molecule has 342 valence electrons. The van der Waals surface area contributed by atoms with Gasteiger partial charge in [-0.15, -0.1) is 0 Å². The van der Waals surface area contributed by atoms with Crippen LogP contribution in [-0.2, 0) is 40.5 Å². The minimum Gasteiger partial charge on any atom is -0.507 e. The number of benzene rings is 3. The molecule has 7 N–H and O–H groups in total. The summed E-state index contributed by atoms with van der Waals surface area (Å²) in [6.07, 6.45) is -5.04. The van der Waals surface area contributed by atoms with Crippen molar-refractivity contribution < 1.29 is 68.1 Å². The summed E-state index contributed by atoms with van der Waals surface area (Å²) < 4.78 is 23.5. The number of esters is 1. The molecule has 0 aromatic heterocycles. The van der Waals surface area contributed by atoms with Crippen molar-refractivity contribution in [1.29, 1.82) is 0 Å². The first-order chi connectivity index (χ1) is 30.1. The van der Waals surface area contributed by atoms with Crippen LogP contribution in [0.5, 0.6) is 23.0 Å². The number of nitrogens with zero attached hydrogens (tertiary/aromatic N) is 1. The number of phenols is 2. The van der Waals surface area contributed by atoms with Gasteiger partial charge in [0.2, 0.25) is 17.6 Å². The van der Waals surface area contributed by atoms with E-state index in [9.17, 15) is 49.2 Å². The fourth-order valence-corrected chi connectivity index (χ4v) is 9.91. The largest absolute Gasteiger partial charge is 0.507 e. The third-order valence-electron chi connectivity index (χ3n) is 12.9. The van der Waals surface area contributed by atoms with Gasteiger partial charge in [0.15, 0.2) is 17.7 Å². The Morgan fingerprint density at radius 1 is 1.03 bits per heavy atom. The molecule has 0 bridgehead atoms. The second-order valence-corrected chi connectivity index (χ2v) is 18.0. The van der Waals surface area contributed by atoms with E-state index >= 15 is 0 Å². The molecule has 0 saturated carbocycles. The Hall–Kier alpha value is -5.72. The number of rotatable bonds is 10. The van der Waals surface area contributed by atoms with Crippen LogP contribution in [0.2, 0.25) is 0 Å².